The number of nitrogens with two attached hydrogens (primary N) is 1. The first-order valence-electron chi connectivity index (χ1n) is 4.82. The predicted molar refractivity (Wildman–Crippen MR) is 67.6 cm³/mol. The molecule has 1 heterocycles. The van der Waals surface area contributed by atoms with Gasteiger partial charge in [-0.2, -0.15) is 4.98 Å². The molecule has 0 saturated carbocycles. The van der Waals surface area contributed by atoms with Gasteiger partial charge in [0, 0.05) is 20.0 Å². The number of halogens is 1. The number of amidine groups is 1. The molecule has 3 N–H and O–H groups in total. The van der Waals surface area contributed by atoms with Gasteiger partial charge in [-0.1, -0.05) is 5.16 Å². The Balaban J connectivity index is 2.72. The number of aromatic nitrogens is 2. The van der Waals surface area contributed by atoms with Crippen LogP contribution < -0.4 is 15.4 Å². The zero-order valence-corrected chi connectivity index (χ0v) is 11.2. The number of anilines is 1. The van der Waals surface area contributed by atoms with Crippen LogP contribution in [0.1, 0.15) is 6.42 Å². The van der Waals surface area contributed by atoms with E-state index in [2.05, 4.69) is 31.1 Å². The topological polar surface area (TPSA) is 96.9 Å². The van der Waals surface area contributed by atoms with Gasteiger partial charge < -0.3 is 20.6 Å². The molecule has 0 amide bonds. The molecule has 0 aromatic carbocycles. The third-order valence-corrected chi connectivity index (χ3v) is 2.61. The quantitative estimate of drug-likeness (QED) is 0.362. The summed E-state index contributed by atoms with van der Waals surface area (Å²) in [6, 6.07) is 0. The summed E-state index contributed by atoms with van der Waals surface area (Å²) in [5.74, 6) is 1.14. The Kier molecular flexibility index (Phi) is 4.95. The summed E-state index contributed by atoms with van der Waals surface area (Å²) in [5.41, 5.74) is 5.38. The van der Waals surface area contributed by atoms with E-state index < -0.39 is 0 Å². The highest BCUT2D eigenvalue weighted by Gasteiger charge is 2.09. The molecule has 0 spiro atoms. The smallest absolute Gasteiger partial charge is 0.232 e. The van der Waals surface area contributed by atoms with E-state index in [1.807, 2.05) is 7.05 Å². The molecule has 94 valence electrons. The van der Waals surface area contributed by atoms with E-state index in [1.165, 1.54) is 7.11 Å². The highest BCUT2D eigenvalue weighted by molar-refractivity contribution is 9.10. The molecule has 0 fully saturated rings. The summed E-state index contributed by atoms with van der Waals surface area (Å²) in [6.45, 7) is 0.542. The second-order valence-electron chi connectivity index (χ2n) is 3.29. The number of rotatable bonds is 5. The first-order valence-corrected chi connectivity index (χ1v) is 5.61. The van der Waals surface area contributed by atoms with E-state index in [-0.39, 0.29) is 5.84 Å². The van der Waals surface area contributed by atoms with E-state index in [1.54, 1.807) is 11.1 Å². The minimum absolute atomic E-state index is 0.168. The predicted octanol–water partition coefficient (Wildman–Crippen LogP) is 0.820. The fourth-order valence-electron chi connectivity index (χ4n) is 1.10. The maximum Gasteiger partial charge on any atom is 0.232 e. The Labute approximate surface area is 107 Å². The monoisotopic (exact) mass is 303 g/mol. The summed E-state index contributed by atoms with van der Waals surface area (Å²) in [5, 5.41) is 11.3. The van der Waals surface area contributed by atoms with Crippen LogP contribution in [0.5, 0.6) is 5.88 Å². The first-order chi connectivity index (χ1) is 8.08. The molecule has 0 aliphatic carbocycles. The minimum atomic E-state index is 0.168. The third kappa shape index (κ3) is 3.74. The molecule has 0 saturated heterocycles. The molecular weight excluding hydrogens is 290 g/mol. The Bertz CT molecular complexity index is 412. The van der Waals surface area contributed by atoms with Crippen LogP contribution in [0.2, 0.25) is 0 Å². The van der Waals surface area contributed by atoms with Gasteiger partial charge in [-0.25, -0.2) is 4.98 Å². The van der Waals surface area contributed by atoms with Crippen LogP contribution in [0.15, 0.2) is 15.8 Å². The number of hydrogen-bond donors (Lipinski definition) is 2. The molecule has 1 aromatic rings. The molecular formula is C9H14BrN5O2. The van der Waals surface area contributed by atoms with Crippen molar-refractivity contribution >= 4 is 27.7 Å². The highest BCUT2D eigenvalue weighted by Crippen LogP contribution is 2.22. The van der Waals surface area contributed by atoms with Gasteiger partial charge in [-0.15, -0.1) is 0 Å². The van der Waals surface area contributed by atoms with Gasteiger partial charge in [0.2, 0.25) is 11.8 Å². The molecule has 0 aliphatic heterocycles. The van der Waals surface area contributed by atoms with E-state index >= 15 is 0 Å². The van der Waals surface area contributed by atoms with Crippen molar-refractivity contribution in [3.05, 3.63) is 10.7 Å². The van der Waals surface area contributed by atoms with E-state index in [0.717, 1.165) is 0 Å². The SMILES string of the molecule is COc1nc(N(C)CCC(N)=NO)ncc1Br. The van der Waals surface area contributed by atoms with Crippen LogP contribution in [-0.2, 0) is 0 Å². The van der Waals surface area contributed by atoms with Crippen molar-refractivity contribution in [2.45, 2.75) is 6.42 Å². The number of nitrogens with zero attached hydrogens (tertiary/aromatic N) is 4. The van der Waals surface area contributed by atoms with Crippen LogP contribution in [0.3, 0.4) is 0 Å². The number of methoxy groups -OCH3 is 1. The van der Waals surface area contributed by atoms with Gasteiger partial charge in [0.15, 0.2) is 0 Å². The van der Waals surface area contributed by atoms with Gasteiger partial charge in [0.25, 0.3) is 0 Å². The maximum absolute atomic E-state index is 8.42. The lowest BCUT2D eigenvalue weighted by molar-refractivity contribution is 0.317. The molecule has 0 bridgehead atoms. The third-order valence-electron chi connectivity index (χ3n) is 2.07. The second-order valence-corrected chi connectivity index (χ2v) is 4.14. The van der Waals surface area contributed by atoms with Crippen molar-refractivity contribution in [1.82, 2.24) is 9.97 Å². The lowest BCUT2D eigenvalue weighted by atomic mass is 10.4. The fraction of sp³-hybridized carbons (Fsp3) is 0.444. The standard InChI is InChI=1S/C9H14BrN5O2/c1-15(4-3-7(11)14-16)9-12-5-6(10)8(13-9)17-2/h5,16H,3-4H2,1-2H3,(H2,11,14). The van der Waals surface area contributed by atoms with Crippen LogP contribution in [0.4, 0.5) is 5.95 Å². The number of hydrogen-bond acceptors (Lipinski definition) is 6. The normalized spacial score (nSPS) is 11.4. The average molecular weight is 304 g/mol. The molecule has 1 rings (SSSR count). The first kappa shape index (κ1) is 13.5. The highest BCUT2D eigenvalue weighted by atomic mass is 79.9. The molecule has 0 atom stereocenters. The Hall–Kier alpha value is -1.57. The van der Waals surface area contributed by atoms with Crippen LogP contribution in [-0.4, -0.2) is 41.7 Å². The average Bonchev–Trinajstić information content (AvgIpc) is 2.35. The molecule has 17 heavy (non-hydrogen) atoms. The summed E-state index contributed by atoms with van der Waals surface area (Å²) in [6.07, 6.45) is 2.04. The molecule has 7 nitrogen and oxygen atoms in total. The van der Waals surface area contributed by atoms with Gasteiger partial charge in [-0.05, 0) is 15.9 Å². The van der Waals surface area contributed by atoms with Crippen molar-refractivity contribution in [2.24, 2.45) is 10.9 Å². The van der Waals surface area contributed by atoms with E-state index in [9.17, 15) is 0 Å². The Morgan fingerprint density at radius 1 is 1.71 bits per heavy atom. The number of oxime groups is 1. The lowest BCUT2D eigenvalue weighted by Crippen LogP contribution is -2.25. The summed E-state index contributed by atoms with van der Waals surface area (Å²) in [4.78, 5) is 10.1. The Morgan fingerprint density at radius 3 is 3.00 bits per heavy atom. The second kappa shape index (κ2) is 6.24. The van der Waals surface area contributed by atoms with Crippen molar-refractivity contribution in [1.29, 1.82) is 0 Å². The Morgan fingerprint density at radius 2 is 2.41 bits per heavy atom. The summed E-state index contributed by atoms with van der Waals surface area (Å²) < 4.78 is 5.76. The van der Waals surface area contributed by atoms with Crippen LogP contribution >= 0.6 is 15.9 Å². The van der Waals surface area contributed by atoms with E-state index in [0.29, 0.717) is 29.3 Å². The van der Waals surface area contributed by atoms with Crippen molar-refractivity contribution in [3.8, 4) is 5.88 Å². The largest absolute Gasteiger partial charge is 0.480 e. The van der Waals surface area contributed by atoms with Gasteiger partial charge in [0.05, 0.1) is 17.8 Å². The number of ether oxygens (including phenoxy) is 1. The minimum Gasteiger partial charge on any atom is -0.480 e. The summed E-state index contributed by atoms with van der Waals surface area (Å²) in [7, 11) is 3.35. The maximum atomic E-state index is 8.42. The molecule has 0 aliphatic rings. The van der Waals surface area contributed by atoms with Gasteiger partial charge in [-0.3, -0.25) is 0 Å². The van der Waals surface area contributed by atoms with Crippen molar-refractivity contribution in [2.75, 3.05) is 25.6 Å². The van der Waals surface area contributed by atoms with Crippen molar-refractivity contribution in [3.63, 3.8) is 0 Å². The molecule has 1 aromatic heterocycles. The van der Waals surface area contributed by atoms with E-state index in [4.69, 9.17) is 15.7 Å². The van der Waals surface area contributed by atoms with Gasteiger partial charge >= 0.3 is 0 Å². The fourth-order valence-corrected chi connectivity index (χ4v) is 1.45. The lowest BCUT2D eigenvalue weighted by Gasteiger charge is -2.17. The molecule has 0 radical (unpaired) electrons. The van der Waals surface area contributed by atoms with Gasteiger partial charge in [0.1, 0.15) is 5.84 Å². The zero-order chi connectivity index (χ0) is 12.8. The van der Waals surface area contributed by atoms with Crippen LogP contribution in [0, 0.1) is 0 Å². The van der Waals surface area contributed by atoms with Crippen LogP contribution in [0.25, 0.3) is 0 Å². The summed E-state index contributed by atoms with van der Waals surface area (Å²) >= 11 is 3.27. The molecule has 0 unspecified atom stereocenters. The zero-order valence-electron chi connectivity index (χ0n) is 9.59. The van der Waals surface area contributed by atoms with Crippen molar-refractivity contribution < 1.29 is 9.94 Å². The molecule has 8 heteroatoms.